The number of benzene rings is 1. The molecule has 0 unspecified atom stereocenters. The zero-order valence-electron chi connectivity index (χ0n) is 10.7. The van der Waals surface area contributed by atoms with E-state index < -0.39 is 0 Å². The number of anilines is 1. The molecule has 0 radical (unpaired) electrons. The van der Waals surface area contributed by atoms with Crippen molar-refractivity contribution in [2.45, 2.75) is 0 Å². The van der Waals surface area contributed by atoms with Gasteiger partial charge in [-0.05, 0) is 35.9 Å². The quantitative estimate of drug-likeness (QED) is 0.611. The highest BCUT2D eigenvalue weighted by Gasteiger charge is 2.33. The van der Waals surface area contributed by atoms with Crippen LogP contribution < -0.4 is 4.90 Å². The van der Waals surface area contributed by atoms with Gasteiger partial charge in [0.1, 0.15) is 0 Å². The summed E-state index contributed by atoms with van der Waals surface area (Å²) >= 11 is 12.6. The largest absolute Gasteiger partial charge is 0.270 e. The van der Waals surface area contributed by atoms with Gasteiger partial charge in [0, 0.05) is 17.4 Å². The molecule has 0 saturated carbocycles. The lowest BCUT2D eigenvalue weighted by Gasteiger charge is -2.14. The fraction of sp³-hybridized carbons (Fsp3) is 0. The Labute approximate surface area is 136 Å². The number of halogens is 1. The van der Waals surface area contributed by atoms with E-state index in [4.69, 9.17) is 23.8 Å². The van der Waals surface area contributed by atoms with E-state index in [2.05, 4.69) is 4.98 Å². The van der Waals surface area contributed by atoms with Crippen LogP contribution in [0.25, 0.3) is 6.08 Å². The van der Waals surface area contributed by atoms with Gasteiger partial charge in [0.2, 0.25) is 0 Å². The molecule has 2 heterocycles. The first-order valence-corrected chi connectivity index (χ1v) is 7.69. The van der Waals surface area contributed by atoms with E-state index >= 15 is 0 Å². The van der Waals surface area contributed by atoms with Crippen molar-refractivity contribution in [3.63, 3.8) is 0 Å². The van der Waals surface area contributed by atoms with Crippen molar-refractivity contribution >= 4 is 57.6 Å². The summed E-state index contributed by atoms with van der Waals surface area (Å²) in [6.45, 7) is 0. The molecule has 0 spiro atoms. The number of hydrogen-bond donors (Lipinski definition) is 0. The predicted octanol–water partition coefficient (Wildman–Crippen LogP) is 4.14. The minimum atomic E-state index is -0.142. The first-order chi connectivity index (χ1) is 10.1. The van der Waals surface area contributed by atoms with Gasteiger partial charge in [-0.15, -0.1) is 0 Å². The monoisotopic (exact) mass is 332 g/mol. The third-order valence-electron chi connectivity index (χ3n) is 2.84. The Morgan fingerprint density at radius 3 is 2.86 bits per heavy atom. The van der Waals surface area contributed by atoms with Crippen molar-refractivity contribution in [1.82, 2.24) is 4.98 Å². The van der Waals surface area contributed by atoms with Gasteiger partial charge in [0.15, 0.2) is 4.32 Å². The van der Waals surface area contributed by atoms with Crippen LogP contribution in [0.1, 0.15) is 5.56 Å². The number of carbonyl (C=O) groups excluding carboxylic acids is 1. The average Bonchev–Trinajstić information content (AvgIpc) is 2.74. The Morgan fingerprint density at radius 1 is 1.29 bits per heavy atom. The van der Waals surface area contributed by atoms with E-state index in [9.17, 15) is 4.79 Å². The van der Waals surface area contributed by atoms with Gasteiger partial charge >= 0.3 is 0 Å². The molecule has 104 valence electrons. The average molecular weight is 333 g/mol. The highest BCUT2D eigenvalue weighted by Crippen LogP contribution is 2.36. The third-order valence-corrected chi connectivity index (χ3v) is 4.38. The maximum Gasteiger partial charge on any atom is 0.270 e. The molecule has 21 heavy (non-hydrogen) atoms. The standard InChI is InChI=1S/C15H9ClN2OS2/c16-11-4-1-5-12(8-11)18-14(19)13(21-15(18)20)7-10-3-2-6-17-9-10/h1-9H/b13-7-. The molecular weight excluding hydrogens is 324 g/mol. The first-order valence-electron chi connectivity index (χ1n) is 6.09. The molecule has 0 aliphatic carbocycles. The Kier molecular flexibility index (Phi) is 4.05. The number of pyridine rings is 1. The maximum absolute atomic E-state index is 12.5. The summed E-state index contributed by atoms with van der Waals surface area (Å²) in [4.78, 5) is 18.6. The summed E-state index contributed by atoms with van der Waals surface area (Å²) in [5.41, 5.74) is 1.55. The Morgan fingerprint density at radius 2 is 2.14 bits per heavy atom. The van der Waals surface area contributed by atoms with E-state index in [0.29, 0.717) is 19.9 Å². The number of aromatic nitrogens is 1. The van der Waals surface area contributed by atoms with Crippen LogP contribution in [0.2, 0.25) is 5.02 Å². The minimum absolute atomic E-state index is 0.142. The lowest BCUT2D eigenvalue weighted by molar-refractivity contribution is -0.113. The van der Waals surface area contributed by atoms with Gasteiger partial charge in [-0.3, -0.25) is 14.7 Å². The van der Waals surface area contributed by atoms with Crippen LogP contribution in [0.5, 0.6) is 0 Å². The van der Waals surface area contributed by atoms with Gasteiger partial charge in [0.25, 0.3) is 5.91 Å². The molecular formula is C15H9ClN2OS2. The number of carbonyl (C=O) groups is 1. The van der Waals surface area contributed by atoms with Gasteiger partial charge in [-0.25, -0.2) is 0 Å². The highest BCUT2D eigenvalue weighted by molar-refractivity contribution is 8.27. The van der Waals surface area contributed by atoms with Crippen molar-refractivity contribution in [3.8, 4) is 0 Å². The van der Waals surface area contributed by atoms with Gasteiger partial charge in [-0.1, -0.05) is 47.7 Å². The lowest BCUT2D eigenvalue weighted by atomic mass is 10.2. The normalized spacial score (nSPS) is 16.8. The molecule has 3 nitrogen and oxygen atoms in total. The van der Waals surface area contributed by atoms with Crippen LogP contribution in [0.3, 0.4) is 0 Å². The first kappa shape index (κ1) is 14.3. The highest BCUT2D eigenvalue weighted by atomic mass is 35.5. The zero-order chi connectivity index (χ0) is 14.8. The predicted molar refractivity (Wildman–Crippen MR) is 91.3 cm³/mol. The summed E-state index contributed by atoms with van der Waals surface area (Å²) in [5, 5.41) is 0.567. The van der Waals surface area contributed by atoms with Crippen LogP contribution in [-0.2, 0) is 4.79 Å². The second-order valence-corrected chi connectivity index (χ2v) is 6.40. The van der Waals surface area contributed by atoms with Crippen molar-refractivity contribution in [2.75, 3.05) is 4.90 Å². The van der Waals surface area contributed by atoms with Crippen LogP contribution in [0, 0.1) is 0 Å². The second-order valence-electron chi connectivity index (χ2n) is 4.28. The molecule has 1 aromatic heterocycles. The molecule has 1 aliphatic heterocycles. The van der Waals surface area contributed by atoms with E-state index in [1.165, 1.54) is 16.7 Å². The third kappa shape index (κ3) is 3.00. The molecule has 1 fully saturated rings. The maximum atomic E-state index is 12.5. The van der Waals surface area contributed by atoms with Gasteiger partial charge in [0.05, 0.1) is 10.6 Å². The van der Waals surface area contributed by atoms with Gasteiger partial charge < -0.3 is 0 Å². The van der Waals surface area contributed by atoms with E-state index in [-0.39, 0.29) is 5.91 Å². The van der Waals surface area contributed by atoms with Crippen molar-refractivity contribution in [2.24, 2.45) is 0 Å². The lowest BCUT2D eigenvalue weighted by Crippen LogP contribution is -2.27. The number of thiocarbonyl (C=S) groups is 1. The van der Waals surface area contributed by atoms with E-state index in [1.807, 2.05) is 18.2 Å². The smallest absolute Gasteiger partial charge is 0.268 e. The Bertz CT molecular complexity index is 746. The van der Waals surface area contributed by atoms with Gasteiger partial charge in [-0.2, -0.15) is 0 Å². The topological polar surface area (TPSA) is 33.2 Å². The SMILES string of the molecule is O=C1/C(=C/c2cccnc2)SC(=S)N1c1cccc(Cl)c1. The van der Waals surface area contributed by atoms with Crippen LogP contribution in [0.15, 0.2) is 53.7 Å². The van der Waals surface area contributed by atoms with Crippen molar-refractivity contribution in [1.29, 1.82) is 0 Å². The zero-order valence-corrected chi connectivity index (χ0v) is 13.1. The number of rotatable bonds is 2. The van der Waals surface area contributed by atoms with Crippen LogP contribution >= 0.6 is 35.6 Å². The molecule has 2 aromatic rings. The summed E-state index contributed by atoms with van der Waals surface area (Å²) in [5.74, 6) is -0.142. The van der Waals surface area contributed by atoms with E-state index in [1.54, 1.807) is 36.7 Å². The molecule has 1 aromatic carbocycles. The number of hydrogen-bond acceptors (Lipinski definition) is 4. The molecule has 0 N–H and O–H groups in total. The molecule has 1 amide bonds. The molecule has 1 saturated heterocycles. The molecule has 0 atom stereocenters. The Balaban J connectivity index is 1.94. The summed E-state index contributed by atoms with van der Waals surface area (Å²) in [6, 6.07) is 10.8. The molecule has 6 heteroatoms. The fourth-order valence-corrected chi connectivity index (χ4v) is 3.40. The Hall–Kier alpha value is -1.69. The van der Waals surface area contributed by atoms with E-state index in [0.717, 1.165) is 5.56 Å². The van der Waals surface area contributed by atoms with Crippen molar-refractivity contribution < 1.29 is 4.79 Å². The summed E-state index contributed by atoms with van der Waals surface area (Å²) in [7, 11) is 0. The second kappa shape index (κ2) is 5.97. The molecule has 3 rings (SSSR count). The summed E-state index contributed by atoms with van der Waals surface area (Å²) < 4.78 is 0.498. The van der Waals surface area contributed by atoms with Crippen molar-refractivity contribution in [3.05, 3.63) is 64.3 Å². The minimum Gasteiger partial charge on any atom is -0.268 e. The fourth-order valence-electron chi connectivity index (χ4n) is 1.92. The number of thioether (sulfide) groups is 1. The number of nitrogens with zero attached hydrogens (tertiary/aromatic N) is 2. The van der Waals surface area contributed by atoms with Crippen LogP contribution in [0.4, 0.5) is 5.69 Å². The number of amides is 1. The molecule has 1 aliphatic rings. The van der Waals surface area contributed by atoms with Crippen LogP contribution in [-0.4, -0.2) is 15.2 Å². The molecule has 0 bridgehead atoms. The summed E-state index contributed by atoms with van der Waals surface area (Å²) in [6.07, 6.45) is 5.18.